The van der Waals surface area contributed by atoms with E-state index < -0.39 is 0 Å². The van der Waals surface area contributed by atoms with Gasteiger partial charge in [0.25, 0.3) is 0 Å². The van der Waals surface area contributed by atoms with Gasteiger partial charge in [-0.05, 0) is 38.3 Å². The summed E-state index contributed by atoms with van der Waals surface area (Å²) in [6.07, 6.45) is 6.73. The Morgan fingerprint density at radius 3 is 2.14 bits per heavy atom. The summed E-state index contributed by atoms with van der Waals surface area (Å²) in [5.74, 6) is 0.733. The lowest BCUT2D eigenvalue weighted by atomic mass is 10.0. The number of hydrogen-bond donors (Lipinski definition) is 1. The average molecular weight is 198 g/mol. The van der Waals surface area contributed by atoms with Crippen LogP contribution in [0.1, 0.15) is 46.0 Å². The van der Waals surface area contributed by atoms with Crippen molar-refractivity contribution in [3.8, 4) is 0 Å². The Balaban J connectivity index is 2.20. The molecular formula is C12H26N2. The van der Waals surface area contributed by atoms with Gasteiger partial charge in [0.2, 0.25) is 0 Å². The van der Waals surface area contributed by atoms with Crippen molar-refractivity contribution in [1.29, 1.82) is 0 Å². The lowest BCUT2D eigenvalue weighted by molar-refractivity contribution is 0.255. The maximum Gasteiger partial charge on any atom is 0.0170 e. The monoisotopic (exact) mass is 198 g/mol. The minimum Gasteiger partial charge on any atom is -0.327 e. The maximum absolute atomic E-state index is 6.11. The highest BCUT2D eigenvalue weighted by atomic mass is 15.1. The largest absolute Gasteiger partial charge is 0.327 e. The molecule has 1 aliphatic heterocycles. The number of nitrogens with zero attached hydrogens (tertiary/aromatic N) is 1. The molecule has 1 rings (SSSR count). The Bertz CT molecular complexity index is 137. The predicted octanol–water partition coefficient (Wildman–Crippen LogP) is 2.24. The summed E-state index contributed by atoms with van der Waals surface area (Å²) in [5, 5.41) is 0. The zero-order chi connectivity index (χ0) is 10.4. The van der Waals surface area contributed by atoms with E-state index in [1.54, 1.807) is 0 Å². The second-order valence-electron chi connectivity index (χ2n) is 5.10. The van der Waals surface area contributed by atoms with Gasteiger partial charge in [-0.15, -0.1) is 0 Å². The van der Waals surface area contributed by atoms with E-state index in [2.05, 4.69) is 18.7 Å². The first kappa shape index (κ1) is 12.0. The molecule has 84 valence electrons. The first-order valence-corrected chi connectivity index (χ1v) is 6.16. The van der Waals surface area contributed by atoms with Crippen molar-refractivity contribution in [3.63, 3.8) is 0 Å². The smallest absolute Gasteiger partial charge is 0.0170 e. The lowest BCUT2D eigenvalue weighted by Crippen LogP contribution is -2.38. The molecule has 0 aromatic heterocycles. The molecule has 2 N–H and O–H groups in total. The zero-order valence-corrected chi connectivity index (χ0v) is 9.84. The molecule has 1 atom stereocenters. The van der Waals surface area contributed by atoms with Crippen molar-refractivity contribution >= 4 is 0 Å². The summed E-state index contributed by atoms with van der Waals surface area (Å²) in [5.41, 5.74) is 6.11. The molecule has 0 aromatic rings. The first-order chi connectivity index (χ1) is 6.68. The minimum absolute atomic E-state index is 0.382. The average Bonchev–Trinajstić information content (AvgIpc) is 2.31. The van der Waals surface area contributed by atoms with Gasteiger partial charge in [0.1, 0.15) is 0 Å². The molecule has 1 fully saturated rings. The fourth-order valence-electron chi connectivity index (χ4n) is 2.33. The van der Waals surface area contributed by atoms with Crippen molar-refractivity contribution in [2.24, 2.45) is 11.7 Å². The van der Waals surface area contributed by atoms with E-state index in [0.29, 0.717) is 6.04 Å². The van der Waals surface area contributed by atoms with Gasteiger partial charge in [-0.1, -0.05) is 26.7 Å². The molecule has 0 radical (unpaired) electrons. The number of likely N-dealkylation sites (tertiary alicyclic amines) is 1. The molecule has 0 aromatic carbocycles. The SMILES string of the molecule is CC(C)CC(N)CN1CCCCCC1. The first-order valence-electron chi connectivity index (χ1n) is 6.16. The van der Waals surface area contributed by atoms with Crippen molar-refractivity contribution in [3.05, 3.63) is 0 Å². The third-order valence-electron chi connectivity index (χ3n) is 2.97. The minimum atomic E-state index is 0.382. The van der Waals surface area contributed by atoms with Crippen molar-refractivity contribution in [1.82, 2.24) is 4.90 Å². The fraction of sp³-hybridized carbons (Fsp3) is 1.00. The van der Waals surface area contributed by atoms with E-state index in [1.165, 1.54) is 38.8 Å². The highest BCUT2D eigenvalue weighted by Gasteiger charge is 2.13. The van der Waals surface area contributed by atoms with Crippen LogP contribution in [0.2, 0.25) is 0 Å². The van der Waals surface area contributed by atoms with E-state index in [4.69, 9.17) is 5.73 Å². The quantitative estimate of drug-likeness (QED) is 0.750. The molecule has 1 saturated heterocycles. The highest BCUT2D eigenvalue weighted by Crippen LogP contribution is 2.11. The fourth-order valence-corrected chi connectivity index (χ4v) is 2.33. The number of rotatable bonds is 4. The maximum atomic E-state index is 6.11. The molecule has 0 spiro atoms. The van der Waals surface area contributed by atoms with Crippen molar-refractivity contribution in [2.75, 3.05) is 19.6 Å². The van der Waals surface area contributed by atoms with Gasteiger partial charge >= 0.3 is 0 Å². The Labute approximate surface area is 88.8 Å². The van der Waals surface area contributed by atoms with Crippen LogP contribution in [-0.2, 0) is 0 Å². The second kappa shape index (κ2) is 6.41. The molecule has 0 aliphatic carbocycles. The van der Waals surface area contributed by atoms with Crippen LogP contribution in [0.3, 0.4) is 0 Å². The molecule has 2 heteroatoms. The summed E-state index contributed by atoms with van der Waals surface area (Å²) in [4.78, 5) is 2.56. The number of hydrogen-bond acceptors (Lipinski definition) is 2. The number of nitrogens with two attached hydrogens (primary N) is 1. The Morgan fingerprint density at radius 2 is 1.64 bits per heavy atom. The van der Waals surface area contributed by atoms with Crippen LogP contribution in [0.25, 0.3) is 0 Å². The van der Waals surface area contributed by atoms with Crippen LogP contribution in [-0.4, -0.2) is 30.6 Å². The third kappa shape index (κ3) is 4.97. The summed E-state index contributed by atoms with van der Waals surface area (Å²) >= 11 is 0. The highest BCUT2D eigenvalue weighted by molar-refractivity contribution is 4.71. The van der Waals surface area contributed by atoms with Crippen molar-refractivity contribution in [2.45, 2.75) is 52.0 Å². The zero-order valence-electron chi connectivity index (χ0n) is 9.84. The van der Waals surface area contributed by atoms with Crippen LogP contribution in [0.15, 0.2) is 0 Å². The van der Waals surface area contributed by atoms with E-state index >= 15 is 0 Å². The molecular weight excluding hydrogens is 172 g/mol. The van der Waals surface area contributed by atoms with Gasteiger partial charge in [0.05, 0.1) is 0 Å². The summed E-state index contributed by atoms with van der Waals surface area (Å²) in [7, 11) is 0. The normalized spacial score (nSPS) is 22.3. The van der Waals surface area contributed by atoms with Gasteiger partial charge < -0.3 is 10.6 Å². The van der Waals surface area contributed by atoms with E-state index in [-0.39, 0.29) is 0 Å². The van der Waals surface area contributed by atoms with E-state index in [1.807, 2.05) is 0 Å². The second-order valence-corrected chi connectivity index (χ2v) is 5.10. The summed E-state index contributed by atoms with van der Waals surface area (Å²) in [6.45, 7) is 8.15. The van der Waals surface area contributed by atoms with Gasteiger partial charge in [-0.3, -0.25) is 0 Å². The van der Waals surface area contributed by atoms with E-state index in [9.17, 15) is 0 Å². The van der Waals surface area contributed by atoms with Gasteiger partial charge in [-0.25, -0.2) is 0 Å². The third-order valence-corrected chi connectivity index (χ3v) is 2.97. The molecule has 2 nitrogen and oxygen atoms in total. The van der Waals surface area contributed by atoms with Gasteiger partial charge in [-0.2, -0.15) is 0 Å². The molecule has 0 amide bonds. The molecule has 1 unspecified atom stereocenters. The predicted molar refractivity (Wildman–Crippen MR) is 62.3 cm³/mol. The topological polar surface area (TPSA) is 29.3 Å². The standard InChI is InChI=1S/C12H26N2/c1-11(2)9-12(13)10-14-7-5-3-4-6-8-14/h11-12H,3-10,13H2,1-2H3. The van der Waals surface area contributed by atoms with Crippen LogP contribution in [0, 0.1) is 5.92 Å². The Kier molecular flexibility index (Phi) is 5.49. The molecule has 0 bridgehead atoms. The molecule has 1 heterocycles. The van der Waals surface area contributed by atoms with Gasteiger partial charge in [0.15, 0.2) is 0 Å². The van der Waals surface area contributed by atoms with Crippen LogP contribution >= 0.6 is 0 Å². The lowest BCUT2D eigenvalue weighted by Gasteiger charge is -2.24. The molecule has 14 heavy (non-hydrogen) atoms. The Morgan fingerprint density at radius 1 is 1.07 bits per heavy atom. The summed E-state index contributed by atoms with van der Waals surface area (Å²) in [6, 6.07) is 0.382. The van der Waals surface area contributed by atoms with E-state index in [0.717, 1.165) is 18.9 Å². The van der Waals surface area contributed by atoms with Crippen LogP contribution in [0.5, 0.6) is 0 Å². The van der Waals surface area contributed by atoms with Crippen LogP contribution in [0.4, 0.5) is 0 Å². The molecule has 0 saturated carbocycles. The Hall–Kier alpha value is -0.0800. The molecule has 1 aliphatic rings. The van der Waals surface area contributed by atoms with Crippen molar-refractivity contribution < 1.29 is 0 Å². The van der Waals surface area contributed by atoms with Crippen LogP contribution < -0.4 is 5.73 Å². The summed E-state index contributed by atoms with van der Waals surface area (Å²) < 4.78 is 0. The van der Waals surface area contributed by atoms with Gasteiger partial charge in [0, 0.05) is 12.6 Å².